The first-order valence-corrected chi connectivity index (χ1v) is 6.48. The average Bonchev–Trinajstić information content (AvgIpc) is 2.68. The Hall–Kier alpha value is -0.830. The highest BCUT2D eigenvalue weighted by atomic mass is 15.3. The molecule has 0 saturated carbocycles. The van der Waals surface area contributed by atoms with Gasteiger partial charge in [0.1, 0.15) is 0 Å². The second-order valence-corrected chi connectivity index (χ2v) is 4.49. The van der Waals surface area contributed by atoms with E-state index < -0.39 is 0 Å². The SMILES string of the molecule is CCCCC(CCC)NCc1ccn(C)n1. The Morgan fingerprint density at radius 3 is 2.69 bits per heavy atom. The van der Waals surface area contributed by atoms with E-state index in [1.807, 2.05) is 17.9 Å². The molecular weight excluding hydrogens is 198 g/mol. The molecular formula is C13H25N3. The minimum absolute atomic E-state index is 0.659. The van der Waals surface area contributed by atoms with Crippen LogP contribution in [0.4, 0.5) is 0 Å². The predicted octanol–water partition coefficient (Wildman–Crippen LogP) is 2.87. The quantitative estimate of drug-likeness (QED) is 0.734. The number of hydrogen-bond acceptors (Lipinski definition) is 2. The van der Waals surface area contributed by atoms with Gasteiger partial charge in [-0.3, -0.25) is 4.68 Å². The predicted molar refractivity (Wildman–Crippen MR) is 68.3 cm³/mol. The van der Waals surface area contributed by atoms with Crippen molar-refractivity contribution in [3.8, 4) is 0 Å². The monoisotopic (exact) mass is 223 g/mol. The van der Waals surface area contributed by atoms with E-state index in [1.165, 1.54) is 32.1 Å². The molecule has 0 amide bonds. The van der Waals surface area contributed by atoms with Crippen LogP contribution in [0.2, 0.25) is 0 Å². The lowest BCUT2D eigenvalue weighted by molar-refractivity contribution is 0.430. The van der Waals surface area contributed by atoms with E-state index in [0.717, 1.165) is 12.2 Å². The number of aromatic nitrogens is 2. The topological polar surface area (TPSA) is 29.9 Å². The van der Waals surface area contributed by atoms with Crippen LogP contribution in [-0.2, 0) is 13.6 Å². The lowest BCUT2D eigenvalue weighted by atomic mass is 10.1. The number of hydrogen-bond donors (Lipinski definition) is 1. The van der Waals surface area contributed by atoms with Crippen molar-refractivity contribution in [2.45, 2.75) is 58.5 Å². The third-order valence-corrected chi connectivity index (χ3v) is 2.88. The van der Waals surface area contributed by atoms with E-state index in [1.54, 1.807) is 0 Å². The molecule has 3 heteroatoms. The van der Waals surface area contributed by atoms with Crippen LogP contribution >= 0.6 is 0 Å². The molecule has 0 fully saturated rings. The van der Waals surface area contributed by atoms with Crippen molar-refractivity contribution < 1.29 is 0 Å². The van der Waals surface area contributed by atoms with Crippen molar-refractivity contribution in [1.82, 2.24) is 15.1 Å². The summed E-state index contributed by atoms with van der Waals surface area (Å²) in [6.07, 6.45) is 8.41. The van der Waals surface area contributed by atoms with E-state index >= 15 is 0 Å². The van der Waals surface area contributed by atoms with Crippen LogP contribution in [0, 0.1) is 0 Å². The molecule has 0 saturated heterocycles. The largest absolute Gasteiger partial charge is 0.308 e. The fourth-order valence-corrected chi connectivity index (χ4v) is 1.95. The third-order valence-electron chi connectivity index (χ3n) is 2.88. The summed E-state index contributed by atoms with van der Waals surface area (Å²) in [5.74, 6) is 0. The number of unbranched alkanes of at least 4 members (excludes halogenated alkanes) is 1. The summed E-state index contributed by atoms with van der Waals surface area (Å²) in [6.45, 7) is 5.40. The summed E-state index contributed by atoms with van der Waals surface area (Å²) in [7, 11) is 1.96. The summed E-state index contributed by atoms with van der Waals surface area (Å²) >= 11 is 0. The van der Waals surface area contributed by atoms with Gasteiger partial charge in [-0.1, -0.05) is 33.1 Å². The van der Waals surface area contributed by atoms with Crippen molar-refractivity contribution in [2.24, 2.45) is 7.05 Å². The number of nitrogens with zero attached hydrogens (tertiary/aromatic N) is 2. The molecule has 0 spiro atoms. The van der Waals surface area contributed by atoms with Gasteiger partial charge in [0, 0.05) is 25.8 Å². The highest BCUT2D eigenvalue weighted by molar-refractivity contribution is 4.98. The first kappa shape index (κ1) is 13.2. The summed E-state index contributed by atoms with van der Waals surface area (Å²) in [4.78, 5) is 0. The van der Waals surface area contributed by atoms with Gasteiger partial charge in [-0.2, -0.15) is 5.10 Å². The van der Waals surface area contributed by atoms with E-state index in [4.69, 9.17) is 0 Å². The normalized spacial score (nSPS) is 12.9. The first-order valence-electron chi connectivity index (χ1n) is 6.48. The molecule has 1 aromatic heterocycles. The van der Waals surface area contributed by atoms with Crippen molar-refractivity contribution in [1.29, 1.82) is 0 Å². The van der Waals surface area contributed by atoms with Crippen LogP contribution in [0.3, 0.4) is 0 Å². The summed E-state index contributed by atoms with van der Waals surface area (Å²) in [5.41, 5.74) is 1.14. The lowest BCUT2D eigenvalue weighted by Gasteiger charge is -2.16. The molecule has 0 radical (unpaired) electrons. The molecule has 1 aromatic rings. The maximum absolute atomic E-state index is 4.38. The molecule has 0 aromatic carbocycles. The van der Waals surface area contributed by atoms with E-state index in [0.29, 0.717) is 6.04 Å². The van der Waals surface area contributed by atoms with Gasteiger partial charge in [0.15, 0.2) is 0 Å². The van der Waals surface area contributed by atoms with Crippen LogP contribution in [0.25, 0.3) is 0 Å². The zero-order chi connectivity index (χ0) is 11.8. The molecule has 1 atom stereocenters. The van der Waals surface area contributed by atoms with Crippen molar-refractivity contribution in [2.75, 3.05) is 0 Å². The van der Waals surface area contributed by atoms with Gasteiger partial charge in [-0.25, -0.2) is 0 Å². The second kappa shape index (κ2) is 7.44. The average molecular weight is 223 g/mol. The molecule has 0 aliphatic rings. The minimum atomic E-state index is 0.659. The Kier molecular flexibility index (Phi) is 6.16. The fourth-order valence-electron chi connectivity index (χ4n) is 1.95. The van der Waals surface area contributed by atoms with Crippen LogP contribution in [0.15, 0.2) is 12.3 Å². The maximum Gasteiger partial charge on any atom is 0.0762 e. The molecule has 1 unspecified atom stereocenters. The molecule has 16 heavy (non-hydrogen) atoms. The van der Waals surface area contributed by atoms with Crippen LogP contribution in [-0.4, -0.2) is 15.8 Å². The second-order valence-electron chi connectivity index (χ2n) is 4.49. The molecule has 92 valence electrons. The van der Waals surface area contributed by atoms with Gasteiger partial charge < -0.3 is 5.32 Å². The molecule has 0 aliphatic heterocycles. The van der Waals surface area contributed by atoms with Crippen molar-refractivity contribution >= 4 is 0 Å². The Morgan fingerprint density at radius 1 is 1.31 bits per heavy atom. The van der Waals surface area contributed by atoms with E-state index in [-0.39, 0.29) is 0 Å². The lowest BCUT2D eigenvalue weighted by Crippen LogP contribution is -2.28. The van der Waals surface area contributed by atoms with E-state index in [9.17, 15) is 0 Å². The first-order chi connectivity index (χ1) is 7.76. The molecule has 1 heterocycles. The Balaban J connectivity index is 2.30. The smallest absolute Gasteiger partial charge is 0.0762 e. The zero-order valence-corrected chi connectivity index (χ0v) is 10.9. The van der Waals surface area contributed by atoms with Crippen molar-refractivity contribution in [3.05, 3.63) is 18.0 Å². The Bertz CT molecular complexity index is 280. The summed E-state index contributed by atoms with van der Waals surface area (Å²) in [6, 6.07) is 2.74. The van der Waals surface area contributed by atoms with Gasteiger partial charge in [0.25, 0.3) is 0 Å². The van der Waals surface area contributed by atoms with Crippen LogP contribution < -0.4 is 5.32 Å². The van der Waals surface area contributed by atoms with Gasteiger partial charge in [0.05, 0.1) is 5.69 Å². The standard InChI is InChI=1S/C13H25N3/c1-4-6-8-12(7-5-2)14-11-13-9-10-16(3)15-13/h9-10,12,14H,4-8,11H2,1-3H3. The molecule has 3 nitrogen and oxygen atoms in total. The third kappa shape index (κ3) is 4.79. The molecule has 1 rings (SSSR count). The molecule has 0 aliphatic carbocycles. The van der Waals surface area contributed by atoms with Crippen LogP contribution in [0.5, 0.6) is 0 Å². The van der Waals surface area contributed by atoms with Gasteiger partial charge in [-0.15, -0.1) is 0 Å². The Morgan fingerprint density at radius 2 is 2.12 bits per heavy atom. The maximum atomic E-state index is 4.38. The highest BCUT2D eigenvalue weighted by Crippen LogP contribution is 2.07. The Labute approximate surface area is 99.2 Å². The molecule has 0 bridgehead atoms. The van der Waals surface area contributed by atoms with Crippen molar-refractivity contribution in [3.63, 3.8) is 0 Å². The number of nitrogens with one attached hydrogen (secondary N) is 1. The minimum Gasteiger partial charge on any atom is -0.308 e. The molecule has 1 N–H and O–H groups in total. The van der Waals surface area contributed by atoms with Crippen LogP contribution in [0.1, 0.15) is 51.6 Å². The van der Waals surface area contributed by atoms with Gasteiger partial charge >= 0.3 is 0 Å². The van der Waals surface area contributed by atoms with Gasteiger partial charge in [-0.05, 0) is 18.9 Å². The number of aryl methyl sites for hydroxylation is 1. The highest BCUT2D eigenvalue weighted by Gasteiger charge is 2.07. The summed E-state index contributed by atoms with van der Waals surface area (Å²) < 4.78 is 1.86. The fraction of sp³-hybridized carbons (Fsp3) is 0.769. The van der Waals surface area contributed by atoms with E-state index in [2.05, 4.69) is 30.3 Å². The zero-order valence-electron chi connectivity index (χ0n) is 10.9. The summed E-state index contributed by atoms with van der Waals surface area (Å²) in [5, 5.41) is 7.99. The van der Waals surface area contributed by atoms with Gasteiger partial charge in [0.2, 0.25) is 0 Å². The number of rotatable bonds is 8.